The molecule has 0 aromatic carbocycles. The lowest BCUT2D eigenvalue weighted by molar-refractivity contribution is -0.131. The number of ether oxygens (including phenoxy) is 1. The van der Waals surface area contributed by atoms with Crippen molar-refractivity contribution >= 4 is 12.1 Å². The number of nitrogens with zero attached hydrogens (tertiary/aromatic N) is 1. The van der Waals surface area contributed by atoms with Crippen LogP contribution < -0.4 is 0 Å². The van der Waals surface area contributed by atoms with E-state index in [0.29, 0.717) is 13.1 Å². The maximum Gasteiger partial charge on any atom is 0.410 e. The summed E-state index contributed by atoms with van der Waals surface area (Å²) in [6, 6.07) is 0. The Balaban J connectivity index is 2.31. The largest absolute Gasteiger partial charge is 0.478 e. The van der Waals surface area contributed by atoms with Gasteiger partial charge in [0.15, 0.2) is 0 Å². The first-order valence-corrected chi connectivity index (χ1v) is 5.17. The van der Waals surface area contributed by atoms with E-state index in [0.717, 1.165) is 6.08 Å². The minimum absolute atomic E-state index is 0.128. The number of amides is 1. The first-order valence-electron chi connectivity index (χ1n) is 5.17. The van der Waals surface area contributed by atoms with Crippen LogP contribution in [0.3, 0.4) is 0 Å². The van der Waals surface area contributed by atoms with E-state index < -0.39 is 11.6 Å². The van der Waals surface area contributed by atoms with Crippen LogP contribution >= 0.6 is 0 Å². The van der Waals surface area contributed by atoms with Crippen molar-refractivity contribution < 1.29 is 19.4 Å². The van der Waals surface area contributed by atoms with Crippen molar-refractivity contribution in [3.05, 3.63) is 12.2 Å². The van der Waals surface area contributed by atoms with Gasteiger partial charge in [0.2, 0.25) is 0 Å². The number of likely N-dealkylation sites (tertiary alicyclic amines) is 1. The molecule has 0 radical (unpaired) electrons. The molecule has 90 valence electrons. The van der Waals surface area contributed by atoms with E-state index in [4.69, 9.17) is 9.84 Å². The highest BCUT2D eigenvalue weighted by Crippen LogP contribution is 2.20. The quantitative estimate of drug-likeness (QED) is 0.726. The van der Waals surface area contributed by atoms with Crippen molar-refractivity contribution in [1.29, 1.82) is 0 Å². The Morgan fingerprint density at radius 3 is 2.38 bits per heavy atom. The molecule has 1 aliphatic heterocycles. The second-order valence-corrected chi connectivity index (χ2v) is 4.84. The molecule has 0 atom stereocenters. The molecule has 0 aromatic heterocycles. The number of carboxylic acid groups (broad SMARTS) is 1. The fourth-order valence-corrected chi connectivity index (χ4v) is 1.33. The van der Waals surface area contributed by atoms with Gasteiger partial charge in [0.25, 0.3) is 0 Å². The van der Waals surface area contributed by atoms with Gasteiger partial charge in [-0.15, -0.1) is 0 Å². The number of hydrogen-bond acceptors (Lipinski definition) is 3. The fraction of sp³-hybridized carbons (Fsp3) is 0.636. The molecule has 1 heterocycles. The summed E-state index contributed by atoms with van der Waals surface area (Å²) < 4.78 is 5.16. The van der Waals surface area contributed by atoms with E-state index in [1.165, 1.54) is 0 Å². The molecule has 0 unspecified atom stereocenters. The van der Waals surface area contributed by atoms with Crippen molar-refractivity contribution in [2.24, 2.45) is 5.92 Å². The highest BCUT2D eigenvalue weighted by atomic mass is 16.6. The summed E-state index contributed by atoms with van der Waals surface area (Å²) in [6.45, 7) is 6.49. The predicted octanol–water partition coefficient (Wildman–Crippen LogP) is 1.49. The summed E-state index contributed by atoms with van der Waals surface area (Å²) in [5, 5.41) is 8.42. The lowest BCUT2D eigenvalue weighted by Gasteiger charge is -2.38. The van der Waals surface area contributed by atoms with Gasteiger partial charge in [-0.1, -0.05) is 6.08 Å². The average Bonchev–Trinajstić information content (AvgIpc) is 1.96. The normalized spacial score (nSPS) is 17.3. The van der Waals surface area contributed by atoms with Gasteiger partial charge in [-0.2, -0.15) is 0 Å². The zero-order chi connectivity index (χ0) is 12.3. The Labute approximate surface area is 94.7 Å². The molecule has 5 nitrogen and oxygen atoms in total. The standard InChI is InChI=1S/C11H17NO4/c1-11(2,3)16-10(15)12-6-8(7-12)4-5-9(13)14/h4-5,8H,6-7H2,1-3H3,(H,13,14). The van der Waals surface area contributed by atoms with Gasteiger partial charge in [0, 0.05) is 25.1 Å². The average molecular weight is 227 g/mol. The third-order valence-electron chi connectivity index (χ3n) is 2.07. The Morgan fingerprint density at radius 2 is 1.94 bits per heavy atom. The van der Waals surface area contributed by atoms with Gasteiger partial charge in [0.1, 0.15) is 5.60 Å². The zero-order valence-corrected chi connectivity index (χ0v) is 9.77. The molecule has 1 saturated heterocycles. The molecule has 0 bridgehead atoms. The van der Waals surface area contributed by atoms with Crippen molar-refractivity contribution in [3.8, 4) is 0 Å². The van der Waals surface area contributed by atoms with Crippen molar-refractivity contribution in [2.75, 3.05) is 13.1 Å². The van der Waals surface area contributed by atoms with E-state index in [1.807, 2.05) is 20.8 Å². The van der Waals surface area contributed by atoms with Crippen molar-refractivity contribution in [2.45, 2.75) is 26.4 Å². The number of rotatable bonds is 2. The lowest BCUT2D eigenvalue weighted by Crippen LogP contribution is -2.50. The summed E-state index contributed by atoms with van der Waals surface area (Å²) in [5.41, 5.74) is -0.487. The molecule has 1 fully saturated rings. The van der Waals surface area contributed by atoms with Crippen LogP contribution in [0.1, 0.15) is 20.8 Å². The highest BCUT2D eigenvalue weighted by molar-refractivity contribution is 5.79. The van der Waals surface area contributed by atoms with Crippen LogP contribution in [0.15, 0.2) is 12.2 Å². The van der Waals surface area contributed by atoms with Gasteiger partial charge in [-0.25, -0.2) is 9.59 Å². The molecule has 5 heteroatoms. The van der Waals surface area contributed by atoms with E-state index >= 15 is 0 Å². The Bertz CT molecular complexity index is 310. The smallest absolute Gasteiger partial charge is 0.410 e. The summed E-state index contributed by atoms with van der Waals surface area (Å²) in [4.78, 5) is 23.3. The minimum atomic E-state index is -0.962. The molecule has 0 aromatic rings. The Hall–Kier alpha value is -1.52. The summed E-state index contributed by atoms with van der Waals surface area (Å²) in [7, 11) is 0. The van der Waals surface area contributed by atoms with Gasteiger partial charge >= 0.3 is 12.1 Å². The first-order chi connectivity index (χ1) is 7.28. The molecular formula is C11H17NO4. The molecule has 1 amide bonds. The summed E-state index contributed by atoms with van der Waals surface area (Å²) in [6.07, 6.45) is 2.37. The first kappa shape index (κ1) is 12.5. The van der Waals surface area contributed by atoms with Crippen LogP contribution in [0.25, 0.3) is 0 Å². The van der Waals surface area contributed by atoms with E-state index in [9.17, 15) is 9.59 Å². The van der Waals surface area contributed by atoms with Crippen LogP contribution in [0, 0.1) is 5.92 Å². The van der Waals surface area contributed by atoms with Gasteiger partial charge < -0.3 is 14.7 Å². The van der Waals surface area contributed by atoms with E-state index in [2.05, 4.69) is 0 Å². The third-order valence-corrected chi connectivity index (χ3v) is 2.07. The number of carbonyl (C=O) groups is 2. The Kier molecular flexibility index (Phi) is 3.57. The number of aliphatic carboxylic acids is 1. The third kappa shape index (κ3) is 3.92. The topological polar surface area (TPSA) is 66.8 Å². The second kappa shape index (κ2) is 4.55. The van der Waals surface area contributed by atoms with E-state index in [1.54, 1.807) is 11.0 Å². The van der Waals surface area contributed by atoms with Crippen LogP contribution in [0.5, 0.6) is 0 Å². The van der Waals surface area contributed by atoms with Crippen molar-refractivity contribution in [3.63, 3.8) is 0 Å². The maximum atomic E-state index is 11.5. The molecule has 0 saturated carbocycles. The number of carboxylic acids is 1. The monoisotopic (exact) mass is 227 g/mol. The van der Waals surface area contributed by atoms with Gasteiger partial charge in [0.05, 0.1) is 0 Å². The zero-order valence-electron chi connectivity index (χ0n) is 9.77. The van der Waals surface area contributed by atoms with Crippen molar-refractivity contribution in [1.82, 2.24) is 4.90 Å². The minimum Gasteiger partial charge on any atom is -0.478 e. The van der Waals surface area contributed by atoms with Crippen LogP contribution in [0.4, 0.5) is 4.79 Å². The van der Waals surface area contributed by atoms with Crippen LogP contribution in [-0.2, 0) is 9.53 Å². The Morgan fingerprint density at radius 1 is 1.38 bits per heavy atom. The molecule has 1 aliphatic rings. The molecule has 0 aliphatic carbocycles. The summed E-state index contributed by atoms with van der Waals surface area (Å²) in [5.74, 6) is -0.834. The van der Waals surface area contributed by atoms with Gasteiger partial charge in [-0.3, -0.25) is 0 Å². The van der Waals surface area contributed by atoms with E-state index in [-0.39, 0.29) is 12.0 Å². The molecule has 0 spiro atoms. The molecule has 16 heavy (non-hydrogen) atoms. The molecule has 1 rings (SSSR count). The van der Waals surface area contributed by atoms with Gasteiger partial charge in [-0.05, 0) is 20.8 Å². The highest BCUT2D eigenvalue weighted by Gasteiger charge is 2.32. The van der Waals surface area contributed by atoms with Crippen LogP contribution in [0.2, 0.25) is 0 Å². The lowest BCUT2D eigenvalue weighted by atomic mass is 10.0. The number of carbonyl (C=O) groups excluding carboxylic acids is 1. The molecule has 1 N–H and O–H groups in total. The number of hydrogen-bond donors (Lipinski definition) is 1. The molecular weight excluding hydrogens is 210 g/mol. The maximum absolute atomic E-state index is 11.5. The summed E-state index contributed by atoms with van der Waals surface area (Å²) >= 11 is 0. The fourth-order valence-electron chi connectivity index (χ4n) is 1.33. The second-order valence-electron chi connectivity index (χ2n) is 4.84. The predicted molar refractivity (Wildman–Crippen MR) is 58.1 cm³/mol. The van der Waals surface area contributed by atoms with Crippen LogP contribution in [-0.4, -0.2) is 40.8 Å². The SMILES string of the molecule is CC(C)(C)OC(=O)N1CC(C=CC(=O)O)C1.